The minimum Gasteiger partial charge on any atom is -0.395 e. The Morgan fingerprint density at radius 2 is 1.96 bits per heavy atom. The molecule has 2 aliphatic rings. The topological polar surface area (TPSA) is 90.4 Å². The van der Waals surface area contributed by atoms with Gasteiger partial charge in [-0.25, -0.2) is 9.97 Å². The Morgan fingerprint density at radius 1 is 1.22 bits per heavy atom. The lowest BCUT2D eigenvalue weighted by Gasteiger charge is -2.24. The van der Waals surface area contributed by atoms with Crippen molar-refractivity contribution < 1.29 is 9.90 Å². The van der Waals surface area contributed by atoms with Crippen LogP contribution < -0.4 is 10.6 Å². The number of amides is 1. The van der Waals surface area contributed by atoms with E-state index in [0.29, 0.717) is 36.7 Å². The molecule has 1 amide bonds. The molecule has 2 fully saturated rings. The van der Waals surface area contributed by atoms with Crippen LogP contribution >= 0.6 is 0 Å². The molecule has 126 valence electrons. The molecule has 0 aromatic carbocycles. The van der Waals surface area contributed by atoms with Crippen molar-refractivity contribution in [3.63, 3.8) is 0 Å². The number of carbonyl (C=O) groups is 1. The monoisotopic (exact) mass is 319 g/mol. The third-order valence-electron chi connectivity index (χ3n) is 4.66. The number of aliphatic hydroxyl groups is 1. The molecule has 1 aromatic heterocycles. The highest BCUT2D eigenvalue weighted by atomic mass is 16.3. The van der Waals surface area contributed by atoms with Gasteiger partial charge in [0.1, 0.15) is 18.0 Å². The van der Waals surface area contributed by atoms with Crippen molar-refractivity contribution in [1.29, 1.82) is 0 Å². The van der Waals surface area contributed by atoms with E-state index in [-0.39, 0.29) is 6.61 Å². The van der Waals surface area contributed by atoms with Crippen LogP contribution in [0.1, 0.15) is 32.1 Å². The Bertz CT molecular complexity index is 533. The van der Waals surface area contributed by atoms with E-state index in [0.717, 1.165) is 31.7 Å². The molecule has 1 saturated carbocycles. The van der Waals surface area contributed by atoms with Gasteiger partial charge in [0.2, 0.25) is 5.91 Å². The number of nitrogens with zero attached hydrogens (tertiary/aromatic N) is 3. The summed E-state index contributed by atoms with van der Waals surface area (Å²) >= 11 is 0. The standard InChI is InChI=1S/C16H25N5O2/c22-6-5-17-14-8-15(20-11-19-14)18-9-12-7-16(23)21(10-12)13-3-1-2-4-13/h8,11-13,22H,1-7,9-10H2,(H2,17,18,19,20). The van der Waals surface area contributed by atoms with Crippen molar-refractivity contribution in [3.8, 4) is 0 Å². The van der Waals surface area contributed by atoms with Crippen molar-refractivity contribution in [2.24, 2.45) is 5.92 Å². The van der Waals surface area contributed by atoms with E-state index >= 15 is 0 Å². The largest absolute Gasteiger partial charge is 0.395 e. The van der Waals surface area contributed by atoms with Gasteiger partial charge in [-0.1, -0.05) is 12.8 Å². The quantitative estimate of drug-likeness (QED) is 0.697. The van der Waals surface area contributed by atoms with Gasteiger partial charge >= 0.3 is 0 Å². The predicted molar refractivity (Wildman–Crippen MR) is 88.2 cm³/mol. The minimum absolute atomic E-state index is 0.0634. The van der Waals surface area contributed by atoms with Crippen molar-refractivity contribution in [2.75, 3.05) is 36.9 Å². The molecule has 7 heteroatoms. The van der Waals surface area contributed by atoms with Crippen molar-refractivity contribution in [1.82, 2.24) is 14.9 Å². The second-order valence-electron chi connectivity index (χ2n) is 6.37. The van der Waals surface area contributed by atoms with E-state index in [1.54, 1.807) is 0 Å². The van der Waals surface area contributed by atoms with Gasteiger partial charge in [0.25, 0.3) is 0 Å². The third kappa shape index (κ3) is 4.10. The number of aliphatic hydroxyl groups excluding tert-OH is 1. The van der Waals surface area contributed by atoms with Crippen LogP contribution in [-0.4, -0.2) is 58.2 Å². The van der Waals surface area contributed by atoms with Crippen molar-refractivity contribution >= 4 is 17.5 Å². The Labute approximate surface area is 136 Å². The summed E-state index contributed by atoms with van der Waals surface area (Å²) in [5.74, 6) is 2.07. The summed E-state index contributed by atoms with van der Waals surface area (Å²) in [7, 11) is 0. The van der Waals surface area contributed by atoms with E-state index in [9.17, 15) is 4.79 Å². The second-order valence-corrected chi connectivity index (χ2v) is 6.37. The maximum absolute atomic E-state index is 12.2. The molecule has 1 unspecified atom stereocenters. The van der Waals surface area contributed by atoms with Crippen LogP contribution in [0.2, 0.25) is 0 Å². The SMILES string of the molecule is O=C1CC(CNc2cc(NCCO)ncn2)CN1C1CCCC1. The molecule has 1 atom stereocenters. The van der Waals surface area contributed by atoms with Crippen LogP contribution in [-0.2, 0) is 4.79 Å². The van der Waals surface area contributed by atoms with E-state index in [4.69, 9.17) is 5.11 Å². The highest BCUT2D eigenvalue weighted by Gasteiger charge is 2.35. The number of anilines is 2. The maximum atomic E-state index is 12.2. The summed E-state index contributed by atoms with van der Waals surface area (Å²) in [4.78, 5) is 22.6. The molecule has 1 aromatic rings. The molecule has 2 heterocycles. The summed E-state index contributed by atoms with van der Waals surface area (Å²) in [6.45, 7) is 2.13. The number of likely N-dealkylation sites (tertiary alicyclic amines) is 1. The van der Waals surface area contributed by atoms with Crippen LogP contribution in [0.3, 0.4) is 0 Å². The van der Waals surface area contributed by atoms with Crippen LogP contribution in [0.25, 0.3) is 0 Å². The van der Waals surface area contributed by atoms with Gasteiger partial charge < -0.3 is 20.6 Å². The van der Waals surface area contributed by atoms with Crippen LogP contribution in [0.4, 0.5) is 11.6 Å². The number of aromatic nitrogens is 2. The zero-order valence-corrected chi connectivity index (χ0v) is 13.4. The normalized spacial score (nSPS) is 21.9. The predicted octanol–water partition coefficient (Wildman–Crippen LogP) is 1.08. The van der Waals surface area contributed by atoms with Crippen molar-refractivity contribution in [3.05, 3.63) is 12.4 Å². The molecule has 3 rings (SSSR count). The van der Waals surface area contributed by atoms with E-state index < -0.39 is 0 Å². The number of nitrogens with one attached hydrogen (secondary N) is 2. The van der Waals surface area contributed by atoms with Crippen LogP contribution in [0.15, 0.2) is 12.4 Å². The highest BCUT2D eigenvalue weighted by molar-refractivity contribution is 5.79. The highest BCUT2D eigenvalue weighted by Crippen LogP contribution is 2.29. The smallest absolute Gasteiger partial charge is 0.223 e. The zero-order valence-electron chi connectivity index (χ0n) is 13.4. The molecule has 0 radical (unpaired) electrons. The molecular formula is C16H25N5O2. The summed E-state index contributed by atoms with van der Waals surface area (Å²) in [6.07, 6.45) is 6.95. The van der Waals surface area contributed by atoms with Crippen LogP contribution in [0.5, 0.6) is 0 Å². The molecule has 23 heavy (non-hydrogen) atoms. The fourth-order valence-corrected chi connectivity index (χ4v) is 3.50. The van der Waals surface area contributed by atoms with Crippen molar-refractivity contribution in [2.45, 2.75) is 38.1 Å². The first-order chi connectivity index (χ1) is 11.3. The average molecular weight is 319 g/mol. The van der Waals surface area contributed by atoms with E-state index in [1.807, 2.05) is 6.07 Å². The Hall–Kier alpha value is -1.89. The lowest BCUT2D eigenvalue weighted by atomic mass is 10.1. The van der Waals surface area contributed by atoms with E-state index in [1.165, 1.54) is 19.2 Å². The fourth-order valence-electron chi connectivity index (χ4n) is 3.50. The number of rotatable bonds is 7. The Kier molecular flexibility index (Phi) is 5.27. The Balaban J connectivity index is 1.49. The lowest BCUT2D eigenvalue weighted by molar-refractivity contribution is -0.129. The fraction of sp³-hybridized carbons (Fsp3) is 0.688. The first-order valence-electron chi connectivity index (χ1n) is 8.46. The summed E-state index contributed by atoms with van der Waals surface area (Å²) in [5.41, 5.74) is 0. The third-order valence-corrected chi connectivity index (χ3v) is 4.66. The molecule has 3 N–H and O–H groups in total. The summed E-state index contributed by atoms with van der Waals surface area (Å²) in [6, 6.07) is 2.29. The van der Waals surface area contributed by atoms with Gasteiger partial charge in [0.15, 0.2) is 0 Å². The molecular weight excluding hydrogens is 294 g/mol. The number of carbonyl (C=O) groups excluding carboxylic acids is 1. The second kappa shape index (κ2) is 7.59. The lowest BCUT2D eigenvalue weighted by Crippen LogP contribution is -2.34. The molecule has 1 saturated heterocycles. The summed E-state index contributed by atoms with van der Waals surface area (Å²) < 4.78 is 0. The first-order valence-corrected chi connectivity index (χ1v) is 8.46. The van der Waals surface area contributed by atoms with Gasteiger partial charge in [-0.2, -0.15) is 0 Å². The van der Waals surface area contributed by atoms with Gasteiger partial charge in [0.05, 0.1) is 6.61 Å². The molecule has 1 aliphatic heterocycles. The van der Waals surface area contributed by atoms with Gasteiger partial charge in [0, 0.05) is 44.1 Å². The van der Waals surface area contributed by atoms with E-state index in [2.05, 4.69) is 25.5 Å². The average Bonchev–Trinajstić information content (AvgIpc) is 3.20. The molecule has 1 aliphatic carbocycles. The molecule has 0 bridgehead atoms. The van der Waals surface area contributed by atoms with Gasteiger partial charge in [-0.3, -0.25) is 4.79 Å². The first kappa shape index (κ1) is 16.0. The maximum Gasteiger partial charge on any atom is 0.223 e. The number of hydrogen-bond acceptors (Lipinski definition) is 6. The summed E-state index contributed by atoms with van der Waals surface area (Å²) in [5, 5.41) is 15.1. The Morgan fingerprint density at radius 3 is 2.70 bits per heavy atom. The zero-order chi connectivity index (χ0) is 16.1. The van der Waals surface area contributed by atoms with Gasteiger partial charge in [-0.15, -0.1) is 0 Å². The minimum atomic E-state index is 0.0634. The molecule has 7 nitrogen and oxygen atoms in total. The van der Waals surface area contributed by atoms with Crippen LogP contribution in [0, 0.1) is 5.92 Å². The number of hydrogen-bond donors (Lipinski definition) is 3. The molecule has 0 spiro atoms. The van der Waals surface area contributed by atoms with Gasteiger partial charge in [-0.05, 0) is 12.8 Å².